The van der Waals surface area contributed by atoms with E-state index in [2.05, 4.69) is 5.32 Å². The van der Waals surface area contributed by atoms with E-state index in [0.717, 1.165) is 0 Å². The van der Waals surface area contributed by atoms with Gasteiger partial charge < -0.3 is 10.2 Å². The Bertz CT molecular complexity index is 1370. The molecule has 0 aliphatic heterocycles. The summed E-state index contributed by atoms with van der Waals surface area (Å²) in [7, 11) is 0. The molecular formula is C25H22ClFN4O2. The van der Waals surface area contributed by atoms with Crippen LogP contribution in [0.15, 0.2) is 77.6 Å². The van der Waals surface area contributed by atoms with Crippen LogP contribution < -0.4 is 10.9 Å². The van der Waals surface area contributed by atoms with E-state index in [9.17, 15) is 14.0 Å². The molecule has 0 radical (unpaired) electrons. The fourth-order valence-corrected chi connectivity index (χ4v) is 3.95. The van der Waals surface area contributed by atoms with Gasteiger partial charge in [-0.3, -0.25) is 9.36 Å². The number of halogens is 2. The number of carbonyl (C=O) groups is 1. The second kappa shape index (κ2) is 9.42. The molecule has 168 valence electrons. The third-order valence-corrected chi connectivity index (χ3v) is 5.64. The molecule has 4 aromatic rings. The van der Waals surface area contributed by atoms with Gasteiger partial charge in [0, 0.05) is 17.3 Å². The first-order chi connectivity index (χ1) is 15.9. The maximum absolute atomic E-state index is 13.6. The first kappa shape index (κ1) is 22.5. The van der Waals surface area contributed by atoms with Crippen molar-refractivity contribution in [1.82, 2.24) is 14.5 Å². The van der Waals surface area contributed by atoms with E-state index in [1.807, 2.05) is 6.92 Å². The van der Waals surface area contributed by atoms with Gasteiger partial charge in [0.05, 0.1) is 22.6 Å². The number of hydrogen-bond donors (Lipinski definition) is 1. The summed E-state index contributed by atoms with van der Waals surface area (Å²) in [5, 5.41) is 3.78. The third-order valence-electron chi connectivity index (χ3n) is 5.41. The Labute approximate surface area is 195 Å². The minimum absolute atomic E-state index is 0.291. The molecule has 4 rings (SSSR count). The van der Waals surface area contributed by atoms with Crippen LogP contribution in [0.25, 0.3) is 16.6 Å². The maximum atomic E-state index is 13.6. The zero-order chi connectivity index (χ0) is 23.5. The molecule has 1 unspecified atom stereocenters. The van der Waals surface area contributed by atoms with Crippen LogP contribution in [-0.4, -0.2) is 27.0 Å². The number of carbonyl (C=O) groups excluding carboxylic acids is 1. The lowest BCUT2D eigenvalue weighted by Crippen LogP contribution is -2.39. The first-order valence-electron chi connectivity index (χ1n) is 10.5. The molecule has 8 heteroatoms. The van der Waals surface area contributed by atoms with Gasteiger partial charge in [-0.25, -0.2) is 14.2 Å². The van der Waals surface area contributed by atoms with E-state index in [1.54, 1.807) is 60.4 Å². The highest BCUT2D eigenvalue weighted by Crippen LogP contribution is 2.24. The average Bonchev–Trinajstić information content (AvgIpc) is 2.80. The van der Waals surface area contributed by atoms with Gasteiger partial charge >= 0.3 is 6.03 Å². The van der Waals surface area contributed by atoms with Crippen LogP contribution in [-0.2, 0) is 0 Å². The van der Waals surface area contributed by atoms with Crippen LogP contribution in [0.2, 0.25) is 5.02 Å². The highest BCUT2D eigenvalue weighted by atomic mass is 35.5. The van der Waals surface area contributed by atoms with Crippen molar-refractivity contribution in [2.45, 2.75) is 19.9 Å². The molecule has 0 fully saturated rings. The number of anilines is 1. The normalized spacial score (nSPS) is 11.9. The monoisotopic (exact) mass is 464 g/mol. The summed E-state index contributed by atoms with van der Waals surface area (Å²) >= 11 is 6.03. The van der Waals surface area contributed by atoms with Gasteiger partial charge in [0.2, 0.25) is 0 Å². The zero-order valence-electron chi connectivity index (χ0n) is 18.1. The Morgan fingerprint density at radius 3 is 2.55 bits per heavy atom. The summed E-state index contributed by atoms with van der Waals surface area (Å²) in [6, 6.07) is 18.6. The van der Waals surface area contributed by atoms with E-state index in [-0.39, 0.29) is 11.6 Å². The molecule has 6 nitrogen and oxygen atoms in total. The molecule has 0 saturated carbocycles. The van der Waals surface area contributed by atoms with Crippen molar-refractivity contribution in [3.8, 4) is 5.69 Å². The van der Waals surface area contributed by atoms with E-state index in [0.29, 0.717) is 39.7 Å². The summed E-state index contributed by atoms with van der Waals surface area (Å²) < 4.78 is 15.0. The molecule has 1 atom stereocenters. The number of benzene rings is 3. The van der Waals surface area contributed by atoms with E-state index < -0.39 is 11.9 Å². The van der Waals surface area contributed by atoms with Gasteiger partial charge in [0.1, 0.15) is 11.6 Å². The van der Waals surface area contributed by atoms with Crippen molar-refractivity contribution in [3.05, 3.63) is 99.8 Å². The number of urea groups is 1. The highest BCUT2D eigenvalue weighted by molar-refractivity contribution is 6.30. The first-order valence-corrected chi connectivity index (χ1v) is 10.9. The topological polar surface area (TPSA) is 67.2 Å². The molecule has 1 aromatic heterocycles. The molecule has 0 bridgehead atoms. The lowest BCUT2D eigenvalue weighted by atomic mass is 10.2. The van der Waals surface area contributed by atoms with Crippen LogP contribution in [0.1, 0.15) is 25.7 Å². The predicted molar refractivity (Wildman–Crippen MR) is 129 cm³/mol. The van der Waals surface area contributed by atoms with Crippen LogP contribution in [0.5, 0.6) is 0 Å². The number of fused-ring (bicyclic) bond motifs is 1. The molecule has 0 saturated heterocycles. The largest absolute Gasteiger partial charge is 0.322 e. The van der Waals surface area contributed by atoms with Crippen molar-refractivity contribution >= 4 is 34.2 Å². The number of nitrogens with one attached hydrogen (secondary N) is 1. The van der Waals surface area contributed by atoms with E-state index in [1.165, 1.54) is 28.8 Å². The summed E-state index contributed by atoms with van der Waals surface area (Å²) in [6.07, 6.45) is 0. The maximum Gasteiger partial charge on any atom is 0.322 e. The molecule has 1 heterocycles. The molecule has 33 heavy (non-hydrogen) atoms. The van der Waals surface area contributed by atoms with Crippen LogP contribution in [0.4, 0.5) is 14.9 Å². The smallest absolute Gasteiger partial charge is 0.315 e. The highest BCUT2D eigenvalue weighted by Gasteiger charge is 2.26. The summed E-state index contributed by atoms with van der Waals surface area (Å²) in [5.41, 5.74) is 1.25. The van der Waals surface area contributed by atoms with Crippen molar-refractivity contribution in [2.24, 2.45) is 0 Å². The zero-order valence-corrected chi connectivity index (χ0v) is 18.9. The number of nitrogens with zero attached hydrogens (tertiary/aromatic N) is 3. The second-order valence-corrected chi connectivity index (χ2v) is 7.94. The van der Waals surface area contributed by atoms with Gasteiger partial charge in [-0.15, -0.1) is 0 Å². The van der Waals surface area contributed by atoms with Gasteiger partial charge in [-0.05, 0) is 68.4 Å². The standard InChI is InChI=1S/C25H22ClFN4O2/c1-3-30(25(33)28-19-8-6-7-17(26)15-19)16(2)23-29-22-10-5-4-9-21(22)24(32)31(23)20-13-11-18(27)12-14-20/h4-16H,3H2,1-2H3,(H,28,33). The fraction of sp³-hybridized carbons (Fsp3) is 0.160. The average molecular weight is 465 g/mol. The molecule has 0 aliphatic carbocycles. The van der Waals surface area contributed by atoms with Gasteiger partial charge in [-0.1, -0.05) is 29.8 Å². The lowest BCUT2D eigenvalue weighted by Gasteiger charge is -2.29. The van der Waals surface area contributed by atoms with Crippen LogP contribution >= 0.6 is 11.6 Å². The summed E-state index contributed by atoms with van der Waals surface area (Å²) in [6.45, 7) is 4.01. The molecule has 0 spiro atoms. The van der Waals surface area contributed by atoms with Crippen molar-refractivity contribution in [3.63, 3.8) is 0 Å². The SMILES string of the molecule is CCN(C(=O)Nc1cccc(Cl)c1)C(C)c1nc2ccccc2c(=O)n1-c1ccc(F)cc1. The Kier molecular flexibility index (Phi) is 6.42. The minimum atomic E-state index is -0.573. The Morgan fingerprint density at radius 1 is 1.12 bits per heavy atom. The Hall–Kier alpha value is -3.71. The summed E-state index contributed by atoms with van der Waals surface area (Å²) in [4.78, 5) is 32.9. The molecule has 3 aromatic carbocycles. The van der Waals surface area contributed by atoms with E-state index in [4.69, 9.17) is 16.6 Å². The lowest BCUT2D eigenvalue weighted by molar-refractivity contribution is 0.193. The Balaban J connectivity index is 1.81. The predicted octanol–water partition coefficient (Wildman–Crippen LogP) is 5.79. The van der Waals surface area contributed by atoms with Gasteiger partial charge in [-0.2, -0.15) is 0 Å². The molecule has 0 aliphatic rings. The third kappa shape index (κ3) is 4.59. The molecular weight excluding hydrogens is 443 g/mol. The number of para-hydroxylation sites is 1. The van der Waals surface area contributed by atoms with E-state index >= 15 is 0 Å². The summed E-state index contributed by atoms with van der Waals surface area (Å²) in [5.74, 6) is -0.0420. The number of aromatic nitrogens is 2. The van der Waals surface area contributed by atoms with Crippen molar-refractivity contribution < 1.29 is 9.18 Å². The van der Waals surface area contributed by atoms with Gasteiger partial charge in [0.15, 0.2) is 0 Å². The van der Waals surface area contributed by atoms with Crippen molar-refractivity contribution in [1.29, 1.82) is 0 Å². The number of hydrogen-bond acceptors (Lipinski definition) is 3. The minimum Gasteiger partial charge on any atom is -0.315 e. The quantitative estimate of drug-likeness (QED) is 0.406. The fourth-order valence-electron chi connectivity index (χ4n) is 3.76. The van der Waals surface area contributed by atoms with Crippen LogP contribution in [0, 0.1) is 5.82 Å². The van der Waals surface area contributed by atoms with Crippen LogP contribution in [0.3, 0.4) is 0 Å². The molecule has 2 amide bonds. The molecule has 1 N–H and O–H groups in total. The number of rotatable bonds is 5. The number of amides is 2. The van der Waals surface area contributed by atoms with Crippen molar-refractivity contribution in [2.75, 3.05) is 11.9 Å². The van der Waals surface area contributed by atoms with Gasteiger partial charge in [0.25, 0.3) is 5.56 Å². The Morgan fingerprint density at radius 2 is 1.85 bits per heavy atom. The second-order valence-electron chi connectivity index (χ2n) is 7.51.